The fourth-order valence-corrected chi connectivity index (χ4v) is 3.19. The molecule has 1 unspecified atom stereocenters. The second-order valence-corrected chi connectivity index (χ2v) is 7.46. The first-order valence-corrected chi connectivity index (χ1v) is 10.7. The molecule has 178 valence electrons. The highest BCUT2D eigenvalue weighted by atomic mass is 16.5. The van der Waals surface area contributed by atoms with Crippen LogP contribution >= 0.6 is 0 Å². The van der Waals surface area contributed by atoms with E-state index in [1.165, 1.54) is 0 Å². The van der Waals surface area contributed by atoms with Gasteiger partial charge in [-0.25, -0.2) is 4.79 Å². The molecule has 0 aliphatic carbocycles. The summed E-state index contributed by atoms with van der Waals surface area (Å²) in [5.74, 6) is 0.911. The van der Waals surface area contributed by atoms with Gasteiger partial charge in [-0.15, -0.1) is 0 Å². The third-order valence-electron chi connectivity index (χ3n) is 4.95. The van der Waals surface area contributed by atoms with Crippen molar-refractivity contribution in [2.75, 3.05) is 12.4 Å². The fourth-order valence-electron chi connectivity index (χ4n) is 3.19. The zero-order valence-electron chi connectivity index (χ0n) is 19.1. The van der Waals surface area contributed by atoms with E-state index in [0.29, 0.717) is 34.5 Å². The summed E-state index contributed by atoms with van der Waals surface area (Å²) in [6.45, 7) is 1.82. The molecule has 1 heterocycles. The lowest BCUT2D eigenvalue weighted by Gasteiger charge is -2.18. The number of carbonyl (C=O) groups is 2. The van der Waals surface area contributed by atoms with Crippen molar-refractivity contribution in [2.24, 2.45) is 0 Å². The molecule has 0 aliphatic rings. The standard InChI is InChI=1S/C26H23N3O6/c1-17-27-23(29-35-17)16-33-22-12-8-19(9-13-22)26(31)34-24(18-6-4-3-5-7-18)25(30)28-20-10-14-21(32-2)15-11-20/h3-15,24H,16H2,1-2H3,(H,28,30). The van der Waals surface area contributed by atoms with Gasteiger partial charge >= 0.3 is 5.97 Å². The van der Waals surface area contributed by atoms with Gasteiger partial charge in [-0.1, -0.05) is 35.5 Å². The molecular weight excluding hydrogens is 450 g/mol. The van der Waals surface area contributed by atoms with Crippen LogP contribution in [0.4, 0.5) is 5.69 Å². The van der Waals surface area contributed by atoms with Crippen molar-refractivity contribution in [3.05, 3.63) is 102 Å². The first kappa shape index (κ1) is 23.5. The van der Waals surface area contributed by atoms with Gasteiger partial charge in [-0.05, 0) is 48.5 Å². The number of benzene rings is 3. The number of nitrogens with one attached hydrogen (secondary N) is 1. The third kappa shape index (κ3) is 6.23. The number of ether oxygens (including phenoxy) is 3. The highest BCUT2D eigenvalue weighted by Crippen LogP contribution is 2.23. The molecular formula is C26H23N3O6. The number of nitrogens with zero attached hydrogens (tertiary/aromatic N) is 2. The molecule has 1 aromatic heterocycles. The molecule has 0 saturated carbocycles. The summed E-state index contributed by atoms with van der Waals surface area (Å²) in [5, 5.41) is 6.54. The van der Waals surface area contributed by atoms with E-state index >= 15 is 0 Å². The van der Waals surface area contributed by atoms with E-state index in [0.717, 1.165) is 0 Å². The Balaban J connectivity index is 1.44. The van der Waals surface area contributed by atoms with Crippen LogP contribution in [-0.2, 0) is 16.1 Å². The van der Waals surface area contributed by atoms with E-state index in [1.807, 2.05) is 6.07 Å². The molecule has 0 saturated heterocycles. The van der Waals surface area contributed by atoms with Crippen LogP contribution in [0.2, 0.25) is 0 Å². The molecule has 1 N–H and O–H groups in total. The summed E-state index contributed by atoms with van der Waals surface area (Å²) in [6, 6.07) is 22.0. The van der Waals surface area contributed by atoms with Gasteiger partial charge in [0.05, 0.1) is 12.7 Å². The van der Waals surface area contributed by atoms with Gasteiger partial charge in [0.15, 0.2) is 6.61 Å². The first-order chi connectivity index (χ1) is 17.0. The Labute approximate surface area is 201 Å². The predicted molar refractivity (Wildman–Crippen MR) is 126 cm³/mol. The van der Waals surface area contributed by atoms with Crippen LogP contribution in [-0.4, -0.2) is 29.1 Å². The van der Waals surface area contributed by atoms with Crippen molar-refractivity contribution in [3.63, 3.8) is 0 Å². The lowest BCUT2D eigenvalue weighted by atomic mass is 10.1. The van der Waals surface area contributed by atoms with E-state index in [9.17, 15) is 9.59 Å². The van der Waals surface area contributed by atoms with Crippen LogP contribution in [0, 0.1) is 6.92 Å². The molecule has 35 heavy (non-hydrogen) atoms. The second-order valence-electron chi connectivity index (χ2n) is 7.46. The average Bonchev–Trinajstić information content (AvgIpc) is 3.32. The molecule has 4 rings (SSSR count). The van der Waals surface area contributed by atoms with E-state index in [1.54, 1.807) is 86.8 Å². The number of aryl methyl sites for hydroxylation is 1. The SMILES string of the molecule is COc1ccc(NC(=O)C(OC(=O)c2ccc(OCc3noc(C)n3)cc2)c2ccccc2)cc1. The van der Waals surface area contributed by atoms with E-state index in [2.05, 4.69) is 15.5 Å². The number of rotatable bonds is 9. The molecule has 1 atom stereocenters. The van der Waals surface area contributed by atoms with Gasteiger partial charge < -0.3 is 24.1 Å². The first-order valence-electron chi connectivity index (χ1n) is 10.7. The fraction of sp³-hybridized carbons (Fsp3) is 0.154. The Bertz CT molecular complexity index is 1270. The van der Waals surface area contributed by atoms with Crippen LogP contribution in [0.25, 0.3) is 0 Å². The van der Waals surface area contributed by atoms with Gasteiger partial charge in [0.2, 0.25) is 17.8 Å². The van der Waals surface area contributed by atoms with Crippen molar-refractivity contribution in [2.45, 2.75) is 19.6 Å². The number of carbonyl (C=O) groups excluding carboxylic acids is 2. The van der Waals surface area contributed by atoms with E-state index < -0.39 is 18.0 Å². The zero-order chi connectivity index (χ0) is 24.6. The third-order valence-corrected chi connectivity index (χ3v) is 4.95. The number of aromatic nitrogens is 2. The van der Waals surface area contributed by atoms with Crippen LogP contribution in [0.15, 0.2) is 83.4 Å². The summed E-state index contributed by atoms with van der Waals surface area (Å²) in [4.78, 5) is 30.0. The summed E-state index contributed by atoms with van der Waals surface area (Å²) in [7, 11) is 1.56. The molecule has 0 spiro atoms. The largest absolute Gasteiger partial charge is 0.497 e. The van der Waals surface area contributed by atoms with Crippen molar-refractivity contribution in [3.8, 4) is 11.5 Å². The zero-order valence-corrected chi connectivity index (χ0v) is 19.1. The number of hydrogen-bond acceptors (Lipinski definition) is 8. The second kappa shape index (κ2) is 11.0. The van der Waals surface area contributed by atoms with Crippen LogP contribution in [0.5, 0.6) is 11.5 Å². The quantitative estimate of drug-likeness (QED) is 0.354. The van der Waals surface area contributed by atoms with Gasteiger partial charge in [-0.2, -0.15) is 4.98 Å². The van der Waals surface area contributed by atoms with Crippen LogP contribution < -0.4 is 14.8 Å². The number of hydrogen-bond donors (Lipinski definition) is 1. The topological polar surface area (TPSA) is 113 Å². The van der Waals surface area contributed by atoms with Crippen molar-refractivity contribution in [1.29, 1.82) is 0 Å². The van der Waals surface area contributed by atoms with Crippen molar-refractivity contribution in [1.82, 2.24) is 10.1 Å². The molecule has 0 aliphatic heterocycles. The van der Waals surface area contributed by atoms with Crippen LogP contribution in [0.1, 0.15) is 33.7 Å². The summed E-state index contributed by atoms with van der Waals surface area (Å²) in [5.41, 5.74) is 1.36. The number of esters is 1. The number of amides is 1. The van der Waals surface area contributed by atoms with Gasteiger partial charge in [0, 0.05) is 18.2 Å². The lowest BCUT2D eigenvalue weighted by Crippen LogP contribution is -2.26. The Morgan fingerprint density at radius 2 is 1.63 bits per heavy atom. The molecule has 9 nitrogen and oxygen atoms in total. The highest BCUT2D eigenvalue weighted by molar-refractivity contribution is 5.98. The van der Waals surface area contributed by atoms with Crippen molar-refractivity contribution < 1.29 is 28.3 Å². The predicted octanol–water partition coefficient (Wildman–Crippen LogP) is 4.50. The van der Waals surface area contributed by atoms with E-state index in [4.69, 9.17) is 18.7 Å². The Morgan fingerprint density at radius 3 is 2.26 bits per heavy atom. The number of methoxy groups -OCH3 is 1. The Morgan fingerprint density at radius 1 is 0.943 bits per heavy atom. The van der Waals surface area contributed by atoms with Crippen LogP contribution in [0.3, 0.4) is 0 Å². The minimum absolute atomic E-state index is 0.128. The molecule has 4 aromatic rings. The van der Waals surface area contributed by atoms with E-state index in [-0.39, 0.29) is 12.2 Å². The highest BCUT2D eigenvalue weighted by Gasteiger charge is 2.26. The minimum atomic E-state index is -1.15. The molecule has 0 bridgehead atoms. The summed E-state index contributed by atoms with van der Waals surface area (Å²) < 4.78 is 21.3. The lowest BCUT2D eigenvalue weighted by molar-refractivity contribution is -0.125. The molecule has 9 heteroatoms. The van der Waals surface area contributed by atoms with Gasteiger partial charge in [0.25, 0.3) is 5.91 Å². The monoisotopic (exact) mass is 473 g/mol. The maximum Gasteiger partial charge on any atom is 0.339 e. The Hall–Kier alpha value is -4.66. The molecule has 3 aromatic carbocycles. The molecule has 0 radical (unpaired) electrons. The Kier molecular flexibility index (Phi) is 7.37. The summed E-state index contributed by atoms with van der Waals surface area (Å²) >= 11 is 0. The smallest absolute Gasteiger partial charge is 0.339 e. The molecule has 1 amide bonds. The normalized spacial score (nSPS) is 11.4. The summed E-state index contributed by atoms with van der Waals surface area (Å²) in [6.07, 6.45) is -1.15. The maximum atomic E-state index is 13.1. The average molecular weight is 473 g/mol. The number of anilines is 1. The van der Waals surface area contributed by atoms with Gasteiger partial charge in [-0.3, -0.25) is 4.79 Å². The molecule has 0 fully saturated rings. The van der Waals surface area contributed by atoms with Gasteiger partial charge in [0.1, 0.15) is 11.5 Å². The maximum absolute atomic E-state index is 13.1. The minimum Gasteiger partial charge on any atom is -0.497 e. The van der Waals surface area contributed by atoms with Crippen molar-refractivity contribution >= 4 is 17.6 Å².